The Hall–Kier alpha value is -3.06. The fourth-order valence-corrected chi connectivity index (χ4v) is 3.77. The molecule has 3 N–H and O–H groups in total. The molecule has 0 aliphatic carbocycles. The summed E-state index contributed by atoms with van der Waals surface area (Å²) >= 11 is 0. The van der Waals surface area contributed by atoms with Gasteiger partial charge in [0.1, 0.15) is 11.6 Å². The Bertz CT molecular complexity index is 949. The maximum atomic E-state index is 13.9. The Labute approximate surface area is 176 Å². The largest absolute Gasteiger partial charge is 0.332 e. The molecule has 1 saturated heterocycles. The number of hydrogen-bond acceptors (Lipinski definition) is 4. The quantitative estimate of drug-likeness (QED) is 0.651. The monoisotopic (exact) mass is 409 g/mol. The number of hydrogen-bond donors (Lipinski definition) is 2. The van der Waals surface area contributed by atoms with Crippen LogP contribution in [-0.4, -0.2) is 38.6 Å². The number of carbonyl (C=O) groups excluding carboxylic acids is 1. The molecule has 7 heteroatoms. The number of halogens is 1. The number of H-pyrrole nitrogens is 1. The molecule has 6 nitrogen and oxygen atoms in total. The van der Waals surface area contributed by atoms with Crippen LogP contribution in [0.15, 0.2) is 55.1 Å². The summed E-state index contributed by atoms with van der Waals surface area (Å²) in [4.78, 5) is 19.3. The zero-order chi connectivity index (χ0) is 21.5. The third-order valence-corrected chi connectivity index (χ3v) is 5.17. The SMILES string of the molecule is C=CC=C(C=CC)c1n[nH]c([C@@H]2CCCN2C(=O)C[C@H](N)Cc2ccccc2F)n1. The standard InChI is InChI=1S/C23H28FN5O/c1-3-8-16(9-4-2)22-26-23(28-27-22)20-12-7-13-29(20)21(30)15-18(25)14-17-10-5-6-11-19(17)24/h3-6,8-11,18,20H,1,7,12-15,25H2,2H3,(H,26,27,28)/t18-,20+/m1/s1. The molecule has 1 amide bonds. The molecule has 2 heterocycles. The first-order valence-corrected chi connectivity index (χ1v) is 10.2. The average Bonchev–Trinajstić information content (AvgIpc) is 3.39. The lowest BCUT2D eigenvalue weighted by Gasteiger charge is -2.24. The minimum atomic E-state index is -0.447. The second kappa shape index (κ2) is 10.1. The van der Waals surface area contributed by atoms with Crippen molar-refractivity contribution in [3.05, 3.63) is 78.2 Å². The van der Waals surface area contributed by atoms with Gasteiger partial charge in [-0.2, -0.15) is 5.10 Å². The number of nitrogens with zero attached hydrogens (tertiary/aromatic N) is 3. The number of nitrogens with one attached hydrogen (secondary N) is 1. The number of carbonyl (C=O) groups is 1. The van der Waals surface area contributed by atoms with E-state index in [0.717, 1.165) is 18.4 Å². The normalized spacial score (nSPS) is 18.2. The van der Waals surface area contributed by atoms with Crippen molar-refractivity contribution < 1.29 is 9.18 Å². The van der Waals surface area contributed by atoms with Crippen LogP contribution < -0.4 is 5.73 Å². The molecule has 158 valence electrons. The van der Waals surface area contributed by atoms with Gasteiger partial charge in [0.05, 0.1) is 6.04 Å². The molecule has 30 heavy (non-hydrogen) atoms. The topological polar surface area (TPSA) is 87.9 Å². The highest BCUT2D eigenvalue weighted by Gasteiger charge is 2.33. The van der Waals surface area contributed by atoms with Gasteiger partial charge in [0.2, 0.25) is 5.91 Å². The summed E-state index contributed by atoms with van der Waals surface area (Å²) in [6.07, 6.45) is 9.53. The minimum Gasteiger partial charge on any atom is -0.332 e. The van der Waals surface area contributed by atoms with Crippen molar-refractivity contribution in [2.45, 2.75) is 44.7 Å². The lowest BCUT2D eigenvalue weighted by molar-refractivity contribution is -0.132. The van der Waals surface area contributed by atoms with E-state index in [1.165, 1.54) is 6.07 Å². The van der Waals surface area contributed by atoms with Crippen LogP contribution in [0.3, 0.4) is 0 Å². The molecule has 1 aromatic carbocycles. The number of allylic oxidation sites excluding steroid dienone is 5. The predicted molar refractivity (Wildman–Crippen MR) is 116 cm³/mol. The third-order valence-electron chi connectivity index (χ3n) is 5.17. The van der Waals surface area contributed by atoms with Gasteiger partial charge in [0, 0.05) is 24.6 Å². The van der Waals surface area contributed by atoms with Gasteiger partial charge in [0.25, 0.3) is 0 Å². The molecule has 0 radical (unpaired) electrons. The third kappa shape index (κ3) is 5.10. The van der Waals surface area contributed by atoms with Gasteiger partial charge in [-0.3, -0.25) is 9.89 Å². The van der Waals surface area contributed by atoms with Crippen LogP contribution in [0.1, 0.15) is 49.4 Å². The number of rotatable bonds is 8. The van der Waals surface area contributed by atoms with Crippen molar-refractivity contribution in [3.8, 4) is 0 Å². The number of likely N-dealkylation sites (tertiary alicyclic amines) is 1. The zero-order valence-electron chi connectivity index (χ0n) is 17.2. The van der Waals surface area contributed by atoms with Crippen LogP contribution in [0.4, 0.5) is 4.39 Å². The summed E-state index contributed by atoms with van der Waals surface area (Å²) in [5.74, 6) is 0.893. The van der Waals surface area contributed by atoms with E-state index in [4.69, 9.17) is 5.73 Å². The van der Waals surface area contributed by atoms with Crippen molar-refractivity contribution in [3.63, 3.8) is 0 Å². The maximum Gasteiger partial charge on any atom is 0.224 e. The molecule has 1 fully saturated rings. The van der Waals surface area contributed by atoms with Crippen molar-refractivity contribution in [2.75, 3.05) is 6.54 Å². The molecule has 0 unspecified atom stereocenters. The van der Waals surface area contributed by atoms with Gasteiger partial charge < -0.3 is 10.6 Å². The highest BCUT2D eigenvalue weighted by molar-refractivity contribution is 5.77. The first-order valence-electron chi connectivity index (χ1n) is 10.2. The highest BCUT2D eigenvalue weighted by Crippen LogP contribution is 2.31. The van der Waals surface area contributed by atoms with Crippen LogP contribution >= 0.6 is 0 Å². The highest BCUT2D eigenvalue weighted by atomic mass is 19.1. The smallest absolute Gasteiger partial charge is 0.224 e. The van der Waals surface area contributed by atoms with Gasteiger partial charge in [-0.05, 0) is 37.8 Å². The molecule has 2 aromatic rings. The molecule has 1 aromatic heterocycles. The van der Waals surface area contributed by atoms with E-state index in [-0.39, 0.29) is 24.2 Å². The Morgan fingerprint density at radius 1 is 1.47 bits per heavy atom. The first kappa shape index (κ1) is 21.6. The molecule has 0 bridgehead atoms. The maximum absolute atomic E-state index is 13.9. The van der Waals surface area contributed by atoms with E-state index in [1.807, 2.05) is 25.2 Å². The lowest BCUT2D eigenvalue weighted by Crippen LogP contribution is -2.36. The Kier molecular flexibility index (Phi) is 7.30. The molecule has 2 atom stereocenters. The summed E-state index contributed by atoms with van der Waals surface area (Å²) in [5.41, 5.74) is 7.54. The van der Waals surface area contributed by atoms with Crippen LogP contribution in [0.5, 0.6) is 0 Å². The molecule has 0 saturated carbocycles. The molecule has 0 spiro atoms. The summed E-state index contributed by atoms with van der Waals surface area (Å²) < 4.78 is 13.9. The number of amides is 1. The van der Waals surface area contributed by atoms with Crippen molar-refractivity contribution >= 4 is 11.5 Å². The summed E-state index contributed by atoms with van der Waals surface area (Å²) in [6.45, 7) is 6.30. The van der Waals surface area contributed by atoms with Crippen molar-refractivity contribution in [2.24, 2.45) is 5.73 Å². The van der Waals surface area contributed by atoms with Crippen LogP contribution in [0.25, 0.3) is 5.57 Å². The van der Waals surface area contributed by atoms with E-state index >= 15 is 0 Å². The second-order valence-electron chi connectivity index (χ2n) is 7.41. The van der Waals surface area contributed by atoms with Gasteiger partial charge in [0.15, 0.2) is 5.82 Å². The summed E-state index contributed by atoms with van der Waals surface area (Å²) in [5, 5.41) is 7.30. The Morgan fingerprint density at radius 2 is 2.27 bits per heavy atom. The van der Waals surface area contributed by atoms with E-state index in [9.17, 15) is 9.18 Å². The van der Waals surface area contributed by atoms with Gasteiger partial charge >= 0.3 is 0 Å². The molecular weight excluding hydrogens is 381 g/mol. The second-order valence-corrected chi connectivity index (χ2v) is 7.41. The van der Waals surface area contributed by atoms with Gasteiger partial charge in [-0.25, -0.2) is 9.37 Å². The average molecular weight is 410 g/mol. The molecule has 3 rings (SSSR count). The molecular formula is C23H28FN5O. The van der Waals surface area contributed by atoms with Crippen LogP contribution in [-0.2, 0) is 11.2 Å². The zero-order valence-corrected chi connectivity index (χ0v) is 17.2. The van der Waals surface area contributed by atoms with Crippen molar-refractivity contribution in [1.82, 2.24) is 20.1 Å². The molecule has 1 aliphatic rings. The Morgan fingerprint density at radius 3 is 3.00 bits per heavy atom. The minimum absolute atomic E-state index is 0.0467. The number of nitrogens with two attached hydrogens (primary N) is 1. The van der Waals surface area contributed by atoms with E-state index in [1.54, 1.807) is 29.2 Å². The van der Waals surface area contributed by atoms with Crippen molar-refractivity contribution in [1.29, 1.82) is 0 Å². The van der Waals surface area contributed by atoms with Crippen LogP contribution in [0.2, 0.25) is 0 Å². The fraction of sp³-hybridized carbons (Fsp3) is 0.348. The van der Waals surface area contributed by atoms with E-state index in [0.29, 0.717) is 30.2 Å². The number of benzene rings is 1. The first-order chi connectivity index (χ1) is 14.5. The summed E-state index contributed by atoms with van der Waals surface area (Å²) in [6, 6.07) is 5.92. The number of aromatic amines is 1. The lowest BCUT2D eigenvalue weighted by atomic mass is 10.0. The van der Waals surface area contributed by atoms with E-state index < -0.39 is 6.04 Å². The van der Waals surface area contributed by atoms with Crippen LogP contribution in [0, 0.1) is 5.82 Å². The molecule has 1 aliphatic heterocycles. The predicted octanol–water partition coefficient (Wildman–Crippen LogP) is 3.71. The fourth-order valence-electron chi connectivity index (χ4n) is 3.77. The Balaban J connectivity index is 1.68. The van der Waals surface area contributed by atoms with Gasteiger partial charge in [-0.1, -0.05) is 49.1 Å². The number of aromatic nitrogens is 3. The van der Waals surface area contributed by atoms with E-state index in [2.05, 4.69) is 21.8 Å². The van der Waals surface area contributed by atoms with Gasteiger partial charge in [-0.15, -0.1) is 0 Å². The summed E-state index contributed by atoms with van der Waals surface area (Å²) in [7, 11) is 0.